The molecule has 3 aromatic carbocycles. The van der Waals surface area contributed by atoms with Crippen molar-refractivity contribution in [1.29, 1.82) is 0 Å². The molecule has 0 saturated carbocycles. The van der Waals surface area contributed by atoms with Gasteiger partial charge in [-0.15, -0.1) is 0 Å². The van der Waals surface area contributed by atoms with Crippen LogP contribution in [-0.2, 0) is 26.2 Å². The van der Waals surface area contributed by atoms with Crippen LogP contribution in [-0.4, -0.2) is 44.8 Å². The number of nitrogens with one attached hydrogen (secondary N) is 1. The highest BCUT2D eigenvalue weighted by Crippen LogP contribution is 2.33. The van der Waals surface area contributed by atoms with Crippen LogP contribution in [0.4, 0.5) is 5.69 Å². The van der Waals surface area contributed by atoms with Crippen molar-refractivity contribution < 1.29 is 18.0 Å². The molecule has 0 radical (unpaired) electrons. The van der Waals surface area contributed by atoms with Crippen LogP contribution in [0.5, 0.6) is 0 Å². The fourth-order valence-electron chi connectivity index (χ4n) is 3.95. The smallest absolute Gasteiger partial charge is 0.264 e. The summed E-state index contributed by atoms with van der Waals surface area (Å²) >= 11 is 24.8. The van der Waals surface area contributed by atoms with Crippen LogP contribution in [0.15, 0.2) is 65.6 Å². The van der Waals surface area contributed by atoms with E-state index in [1.807, 2.05) is 6.92 Å². The second kappa shape index (κ2) is 13.2. The number of hydrogen-bond acceptors (Lipinski definition) is 4. The van der Waals surface area contributed by atoms with Gasteiger partial charge in [0.2, 0.25) is 11.8 Å². The summed E-state index contributed by atoms with van der Waals surface area (Å²) < 4.78 is 28.7. The summed E-state index contributed by atoms with van der Waals surface area (Å²) in [4.78, 5) is 28.0. The Morgan fingerprint density at radius 1 is 0.897 bits per heavy atom. The molecule has 208 valence electrons. The SMILES string of the molecule is CCC(C(=O)NC)N(Cc1ccc(Cl)c(Cl)c1)C(=O)CN(c1cc(Cl)ccc1Cl)S(=O)(=O)c1ccc(C)cc1. The number of halogens is 4. The Bertz CT molecular complexity index is 1470. The van der Waals surface area contributed by atoms with Gasteiger partial charge in [0.25, 0.3) is 10.0 Å². The first-order valence-corrected chi connectivity index (χ1v) is 14.8. The lowest BCUT2D eigenvalue weighted by Crippen LogP contribution is -2.51. The molecule has 0 spiro atoms. The summed E-state index contributed by atoms with van der Waals surface area (Å²) in [6.45, 7) is 2.91. The normalized spacial score (nSPS) is 12.1. The number of hydrogen-bond donors (Lipinski definition) is 1. The van der Waals surface area contributed by atoms with Crippen molar-refractivity contribution in [2.24, 2.45) is 0 Å². The second-order valence-corrected chi connectivity index (χ2v) is 12.2. The van der Waals surface area contributed by atoms with Gasteiger partial charge in [0.15, 0.2) is 0 Å². The zero-order chi connectivity index (χ0) is 28.9. The molecule has 0 saturated heterocycles. The van der Waals surface area contributed by atoms with Crippen LogP contribution in [0.2, 0.25) is 20.1 Å². The van der Waals surface area contributed by atoms with Gasteiger partial charge in [0.1, 0.15) is 12.6 Å². The third-order valence-corrected chi connectivity index (χ3v) is 9.10. The van der Waals surface area contributed by atoms with Crippen LogP contribution >= 0.6 is 46.4 Å². The molecule has 7 nitrogen and oxygen atoms in total. The minimum atomic E-state index is -4.28. The Kier molecular flexibility index (Phi) is 10.5. The maximum Gasteiger partial charge on any atom is 0.264 e. The number of nitrogens with zero attached hydrogens (tertiary/aromatic N) is 2. The number of rotatable bonds is 10. The number of amides is 2. The summed E-state index contributed by atoms with van der Waals surface area (Å²) in [5.41, 5.74) is 1.50. The number of carbonyl (C=O) groups is 2. The van der Waals surface area contributed by atoms with E-state index in [9.17, 15) is 18.0 Å². The maximum absolute atomic E-state index is 13.9. The molecule has 39 heavy (non-hydrogen) atoms. The van der Waals surface area contributed by atoms with Gasteiger partial charge in [-0.05, 0) is 61.4 Å². The average molecular weight is 631 g/mol. The van der Waals surface area contributed by atoms with E-state index in [2.05, 4.69) is 5.32 Å². The van der Waals surface area contributed by atoms with Crippen molar-refractivity contribution in [3.05, 3.63) is 91.9 Å². The lowest BCUT2D eigenvalue weighted by atomic mass is 10.1. The lowest BCUT2D eigenvalue weighted by molar-refractivity contribution is -0.140. The highest BCUT2D eigenvalue weighted by Gasteiger charge is 2.34. The van der Waals surface area contributed by atoms with Crippen molar-refractivity contribution >= 4 is 73.9 Å². The molecular weight excluding hydrogens is 604 g/mol. The molecule has 12 heteroatoms. The molecule has 3 aromatic rings. The van der Waals surface area contributed by atoms with Crippen molar-refractivity contribution in [2.45, 2.75) is 37.8 Å². The highest BCUT2D eigenvalue weighted by atomic mass is 35.5. The van der Waals surface area contributed by atoms with E-state index < -0.39 is 34.4 Å². The van der Waals surface area contributed by atoms with E-state index >= 15 is 0 Å². The van der Waals surface area contributed by atoms with Gasteiger partial charge in [-0.25, -0.2) is 8.42 Å². The molecule has 2 amide bonds. The predicted molar refractivity (Wildman–Crippen MR) is 157 cm³/mol. The number of benzene rings is 3. The first kappa shape index (κ1) is 31.0. The first-order chi connectivity index (χ1) is 18.4. The minimum Gasteiger partial charge on any atom is -0.357 e. The number of aryl methyl sites for hydroxylation is 1. The van der Waals surface area contributed by atoms with E-state index in [1.165, 1.54) is 42.3 Å². The molecule has 1 N–H and O–H groups in total. The molecule has 0 bridgehead atoms. The van der Waals surface area contributed by atoms with Crippen molar-refractivity contribution in [2.75, 3.05) is 17.9 Å². The summed E-state index contributed by atoms with van der Waals surface area (Å²) in [6, 6.07) is 14.5. The Morgan fingerprint density at radius 2 is 1.54 bits per heavy atom. The number of likely N-dealkylation sites (N-methyl/N-ethyl adjacent to an activating group) is 1. The lowest BCUT2D eigenvalue weighted by Gasteiger charge is -2.33. The van der Waals surface area contributed by atoms with E-state index in [0.717, 1.165) is 9.87 Å². The maximum atomic E-state index is 13.9. The number of carbonyl (C=O) groups excluding carboxylic acids is 2. The van der Waals surface area contributed by atoms with Crippen LogP contribution in [0.1, 0.15) is 24.5 Å². The van der Waals surface area contributed by atoms with Gasteiger partial charge in [-0.2, -0.15) is 0 Å². The summed E-state index contributed by atoms with van der Waals surface area (Å²) in [7, 11) is -2.81. The van der Waals surface area contributed by atoms with E-state index in [1.54, 1.807) is 37.3 Å². The average Bonchev–Trinajstić information content (AvgIpc) is 2.90. The van der Waals surface area contributed by atoms with Crippen LogP contribution in [0, 0.1) is 6.92 Å². The Hall–Kier alpha value is -2.49. The number of sulfonamides is 1. The standard InChI is InChI=1S/C27H27Cl4N3O4S/c1-4-24(27(36)32-3)33(15-18-7-11-21(29)23(31)13-18)26(35)16-34(25-14-19(28)8-12-22(25)30)39(37,38)20-9-5-17(2)6-10-20/h5-14,24H,4,15-16H2,1-3H3,(H,32,36). The highest BCUT2D eigenvalue weighted by molar-refractivity contribution is 7.92. The van der Waals surface area contributed by atoms with Crippen molar-refractivity contribution in [1.82, 2.24) is 10.2 Å². The summed E-state index contributed by atoms with van der Waals surface area (Å²) in [6.07, 6.45) is 0.273. The zero-order valence-electron chi connectivity index (χ0n) is 21.4. The monoisotopic (exact) mass is 629 g/mol. The molecule has 0 aliphatic rings. The van der Waals surface area contributed by atoms with Gasteiger partial charge >= 0.3 is 0 Å². The van der Waals surface area contributed by atoms with Gasteiger partial charge < -0.3 is 10.2 Å². The predicted octanol–water partition coefficient (Wildman–Crippen LogP) is 6.36. The first-order valence-electron chi connectivity index (χ1n) is 11.9. The van der Waals surface area contributed by atoms with Crippen LogP contribution in [0.3, 0.4) is 0 Å². The fraction of sp³-hybridized carbons (Fsp3) is 0.259. The Labute approximate surface area is 248 Å². The van der Waals surface area contributed by atoms with Crippen molar-refractivity contribution in [3.8, 4) is 0 Å². The Balaban J connectivity index is 2.11. The number of anilines is 1. The topological polar surface area (TPSA) is 86.8 Å². The van der Waals surface area contributed by atoms with E-state index in [0.29, 0.717) is 10.6 Å². The Morgan fingerprint density at radius 3 is 2.13 bits per heavy atom. The third kappa shape index (κ3) is 7.38. The summed E-state index contributed by atoms with van der Waals surface area (Å²) in [5.74, 6) is -1.04. The van der Waals surface area contributed by atoms with Crippen LogP contribution < -0.4 is 9.62 Å². The molecule has 0 aromatic heterocycles. The van der Waals surface area contributed by atoms with Gasteiger partial charge in [0.05, 0.1) is 25.7 Å². The molecule has 0 aliphatic carbocycles. The quantitative estimate of drug-likeness (QED) is 0.283. The third-order valence-electron chi connectivity index (χ3n) is 6.03. The zero-order valence-corrected chi connectivity index (χ0v) is 25.3. The molecule has 1 unspecified atom stereocenters. The van der Waals surface area contributed by atoms with Crippen LogP contribution in [0.25, 0.3) is 0 Å². The molecule has 0 heterocycles. The second-order valence-electron chi connectivity index (χ2n) is 8.73. The minimum absolute atomic E-state index is 0.0245. The van der Waals surface area contributed by atoms with E-state index in [4.69, 9.17) is 46.4 Å². The van der Waals surface area contributed by atoms with E-state index in [-0.39, 0.29) is 38.6 Å². The van der Waals surface area contributed by atoms with Gasteiger partial charge in [-0.1, -0.05) is 77.1 Å². The molecule has 0 aliphatic heterocycles. The largest absolute Gasteiger partial charge is 0.357 e. The molecule has 3 rings (SSSR count). The molecular formula is C27H27Cl4N3O4S. The molecule has 0 fully saturated rings. The van der Waals surface area contributed by atoms with Gasteiger partial charge in [-0.3, -0.25) is 13.9 Å². The van der Waals surface area contributed by atoms with Crippen molar-refractivity contribution in [3.63, 3.8) is 0 Å². The fourth-order valence-corrected chi connectivity index (χ4v) is 6.13. The molecule has 1 atom stereocenters. The summed E-state index contributed by atoms with van der Waals surface area (Å²) in [5, 5.41) is 3.50. The van der Waals surface area contributed by atoms with Gasteiger partial charge in [0, 0.05) is 18.6 Å².